The molecule has 0 bridgehead atoms. The summed E-state index contributed by atoms with van der Waals surface area (Å²) in [7, 11) is 0. The zero-order chi connectivity index (χ0) is 17.3. The Morgan fingerprint density at radius 3 is 2.35 bits per heavy atom. The molecular formula is C19H32N2O2. The van der Waals surface area contributed by atoms with Crippen molar-refractivity contribution in [3.63, 3.8) is 0 Å². The Labute approximate surface area is 141 Å². The van der Waals surface area contributed by atoms with Crippen molar-refractivity contribution in [2.75, 3.05) is 13.1 Å². The summed E-state index contributed by atoms with van der Waals surface area (Å²) in [6, 6.07) is 8.53. The van der Waals surface area contributed by atoms with Crippen molar-refractivity contribution in [3.8, 4) is 0 Å². The number of carbonyl (C=O) groups excluding carboxylic acids is 1. The fourth-order valence-electron chi connectivity index (χ4n) is 2.05. The van der Waals surface area contributed by atoms with E-state index in [0.717, 1.165) is 19.5 Å². The van der Waals surface area contributed by atoms with Gasteiger partial charge in [-0.2, -0.15) is 0 Å². The van der Waals surface area contributed by atoms with Crippen LogP contribution in [0.1, 0.15) is 52.2 Å². The molecule has 130 valence electrons. The second kappa shape index (κ2) is 9.56. The first kappa shape index (κ1) is 19.5. The van der Waals surface area contributed by atoms with Crippen LogP contribution in [0.4, 0.5) is 4.79 Å². The second-order valence-corrected chi connectivity index (χ2v) is 7.14. The lowest BCUT2D eigenvalue weighted by Crippen LogP contribution is -2.33. The van der Waals surface area contributed by atoms with Crippen LogP contribution in [0, 0.1) is 5.92 Å². The maximum atomic E-state index is 11.6. The van der Waals surface area contributed by atoms with Crippen LogP contribution in [0.15, 0.2) is 24.3 Å². The molecule has 1 rings (SSSR count). The summed E-state index contributed by atoms with van der Waals surface area (Å²) in [6.07, 6.45) is 1.65. The Bertz CT molecular complexity index is 463. The Hall–Kier alpha value is -1.55. The van der Waals surface area contributed by atoms with E-state index in [1.807, 2.05) is 20.8 Å². The van der Waals surface area contributed by atoms with Crippen LogP contribution >= 0.6 is 0 Å². The van der Waals surface area contributed by atoms with E-state index in [-0.39, 0.29) is 6.09 Å². The van der Waals surface area contributed by atoms with Gasteiger partial charge in [-0.25, -0.2) is 4.79 Å². The topological polar surface area (TPSA) is 50.4 Å². The Morgan fingerprint density at radius 2 is 1.78 bits per heavy atom. The molecule has 0 heterocycles. The van der Waals surface area contributed by atoms with Gasteiger partial charge in [0.2, 0.25) is 0 Å². The summed E-state index contributed by atoms with van der Waals surface area (Å²) in [4.78, 5) is 11.6. The van der Waals surface area contributed by atoms with E-state index < -0.39 is 5.60 Å². The summed E-state index contributed by atoms with van der Waals surface area (Å²) in [5.74, 6) is 0.716. The van der Waals surface area contributed by atoms with Crippen LogP contribution in [0.5, 0.6) is 0 Å². The number of carbonyl (C=O) groups is 1. The second-order valence-electron chi connectivity index (χ2n) is 7.14. The summed E-state index contributed by atoms with van der Waals surface area (Å²) >= 11 is 0. The number of amides is 1. The number of rotatable bonds is 8. The third kappa shape index (κ3) is 9.24. The highest BCUT2D eigenvalue weighted by atomic mass is 16.6. The van der Waals surface area contributed by atoms with E-state index >= 15 is 0 Å². The summed E-state index contributed by atoms with van der Waals surface area (Å²) in [6.45, 7) is 12.6. The van der Waals surface area contributed by atoms with Gasteiger partial charge in [-0.15, -0.1) is 0 Å². The maximum Gasteiger partial charge on any atom is 0.407 e. The lowest BCUT2D eigenvalue weighted by atomic mass is 10.1. The molecule has 0 aromatic heterocycles. The Morgan fingerprint density at radius 1 is 1.17 bits per heavy atom. The minimum Gasteiger partial charge on any atom is -0.444 e. The van der Waals surface area contributed by atoms with Crippen molar-refractivity contribution in [2.45, 2.75) is 59.6 Å². The Balaban J connectivity index is 2.27. The van der Waals surface area contributed by atoms with Crippen LogP contribution in [0.2, 0.25) is 0 Å². The van der Waals surface area contributed by atoms with Gasteiger partial charge in [0, 0.05) is 13.1 Å². The molecule has 0 aliphatic rings. The van der Waals surface area contributed by atoms with Gasteiger partial charge in [-0.3, -0.25) is 0 Å². The zero-order valence-electron chi connectivity index (χ0n) is 15.2. The summed E-state index contributed by atoms with van der Waals surface area (Å²) in [5, 5.41) is 6.26. The molecule has 4 heteroatoms. The molecule has 0 aliphatic heterocycles. The predicted molar refractivity (Wildman–Crippen MR) is 95.5 cm³/mol. The van der Waals surface area contributed by atoms with Crippen molar-refractivity contribution < 1.29 is 9.53 Å². The van der Waals surface area contributed by atoms with Crippen molar-refractivity contribution in [2.24, 2.45) is 5.92 Å². The first-order valence-corrected chi connectivity index (χ1v) is 8.55. The zero-order valence-corrected chi connectivity index (χ0v) is 15.2. The number of ether oxygens (including phenoxy) is 1. The molecule has 1 unspecified atom stereocenters. The van der Waals surface area contributed by atoms with Gasteiger partial charge in [-0.05, 0) is 50.8 Å². The maximum absolute atomic E-state index is 11.6. The molecule has 1 aromatic carbocycles. The van der Waals surface area contributed by atoms with E-state index in [1.54, 1.807) is 0 Å². The average Bonchev–Trinajstić information content (AvgIpc) is 2.47. The fourth-order valence-corrected chi connectivity index (χ4v) is 2.05. The molecule has 0 fully saturated rings. The van der Waals surface area contributed by atoms with E-state index in [2.05, 4.69) is 48.7 Å². The normalized spacial score (nSPS) is 12.7. The van der Waals surface area contributed by atoms with Gasteiger partial charge in [0.1, 0.15) is 5.60 Å². The molecule has 0 saturated heterocycles. The standard InChI is InChI=1S/C19H32N2O2/c1-6-15(2)13-20-14-17-9-7-16(8-10-17)11-12-21-18(22)23-19(3,4)5/h7-10,15,20H,6,11-14H2,1-5H3,(H,21,22). The van der Waals surface area contributed by atoms with Gasteiger partial charge in [0.25, 0.3) is 0 Å². The number of alkyl carbamates (subject to hydrolysis) is 1. The number of benzene rings is 1. The molecule has 0 radical (unpaired) electrons. The van der Waals surface area contributed by atoms with Crippen LogP contribution in [0.25, 0.3) is 0 Å². The molecule has 23 heavy (non-hydrogen) atoms. The van der Waals surface area contributed by atoms with Crippen molar-refractivity contribution in [3.05, 3.63) is 35.4 Å². The minimum absolute atomic E-state index is 0.358. The Kier molecular flexibility index (Phi) is 8.10. The quantitative estimate of drug-likeness (QED) is 0.764. The molecular weight excluding hydrogens is 288 g/mol. The highest BCUT2D eigenvalue weighted by molar-refractivity contribution is 5.67. The van der Waals surface area contributed by atoms with E-state index in [0.29, 0.717) is 12.5 Å². The van der Waals surface area contributed by atoms with Crippen molar-refractivity contribution in [1.29, 1.82) is 0 Å². The minimum atomic E-state index is -0.450. The van der Waals surface area contributed by atoms with E-state index in [4.69, 9.17) is 4.74 Å². The monoisotopic (exact) mass is 320 g/mol. The van der Waals surface area contributed by atoms with Crippen molar-refractivity contribution >= 4 is 6.09 Å². The molecule has 0 spiro atoms. The predicted octanol–water partition coefficient (Wildman–Crippen LogP) is 3.89. The molecule has 2 N–H and O–H groups in total. The molecule has 1 atom stereocenters. The molecule has 1 aromatic rings. The first-order chi connectivity index (χ1) is 10.8. The number of nitrogens with one attached hydrogen (secondary N) is 2. The van der Waals surface area contributed by atoms with Gasteiger partial charge in [-0.1, -0.05) is 44.5 Å². The lowest BCUT2D eigenvalue weighted by Gasteiger charge is -2.19. The molecule has 4 nitrogen and oxygen atoms in total. The van der Waals surface area contributed by atoms with Crippen molar-refractivity contribution in [1.82, 2.24) is 10.6 Å². The SMILES string of the molecule is CCC(C)CNCc1ccc(CCNC(=O)OC(C)(C)C)cc1. The first-order valence-electron chi connectivity index (χ1n) is 8.55. The summed E-state index contributed by atoms with van der Waals surface area (Å²) in [5.41, 5.74) is 2.05. The molecule has 0 saturated carbocycles. The third-order valence-corrected chi connectivity index (χ3v) is 3.62. The number of hydrogen-bond donors (Lipinski definition) is 2. The van der Waals surface area contributed by atoms with Gasteiger partial charge >= 0.3 is 6.09 Å². The van der Waals surface area contributed by atoms with Crippen LogP contribution in [-0.4, -0.2) is 24.8 Å². The van der Waals surface area contributed by atoms with Crippen LogP contribution in [-0.2, 0) is 17.7 Å². The smallest absolute Gasteiger partial charge is 0.407 e. The van der Waals surface area contributed by atoms with E-state index in [9.17, 15) is 4.79 Å². The third-order valence-electron chi connectivity index (χ3n) is 3.62. The van der Waals surface area contributed by atoms with Gasteiger partial charge in [0.05, 0.1) is 0 Å². The highest BCUT2D eigenvalue weighted by Gasteiger charge is 2.15. The molecule has 0 aliphatic carbocycles. The largest absolute Gasteiger partial charge is 0.444 e. The summed E-state index contributed by atoms with van der Waals surface area (Å²) < 4.78 is 5.21. The fraction of sp³-hybridized carbons (Fsp3) is 0.632. The van der Waals surface area contributed by atoms with Crippen LogP contribution < -0.4 is 10.6 Å². The lowest BCUT2D eigenvalue weighted by molar-refractivity contribution is 0.0528. The van der Waals surface area contributed by atoms with Gasteiger partial charge in [0.15, 0.2) is 0 Å². The van der Waals surface area contributed by atoms with E-state index in [1.165, 1.54) is 17.5 Å². The molecule has 1 amide bonds. The van der Waals surface area contributed by atoms with Crippen LogP contribution in [0.3, 0.4) is 0 Å². The highest BCUT2D eigenvalue weighted by Crippen LogP contribution is 2.07. The van der Waals surface area contributed by atoms with Gasteiger partial charge < -0.3 is 15.4 Å². The average molecular weight is 320 g/mol. The number of hydrogen-bond acceptors (Lipinski definition) is 3.